The molecule has 0 amide bonds. The second-order valence-corrected chi connectivity index (χ2v) is 3.48. The molecule has 0 N–H and O–H groups in total. The molecule has 0 aliphatic heterocycles. The van der Waals surface area contributed by atoms with Gasteiger partial charge in [0.1, 0.15) is 5.78 Å². The monoisotopic (exact) mass is 175 g/mol. The van der Waals surface area contributed by atoms with Crippen LogP contribution in [-0.4, -0.2) is 5.78 Å². The Morgan fingerprint density at radius 3 is 2.69 bits per heavy atom. The van der Waals surface area contributed by atoms with Crippen molar-refractivity contribution in [2.45, 2.75) is 31.6 Å². The molecule has 0 aromatic heterocycles. The van der Waals surface area contributed by atoms with E-state index in [1.165, 1.54) is 0 Å². The lowest BCUT2D eigenvalue weighted by Crippen LogP contribution is -2.16. The summed E-state index contributed by atoms with van der Waals surface area (Å²) in [5.41, 5.74) is 1.01. The summed E-state index contributed by atoms with van der Waals surface area (Å²) in [6.45, 7) is 0. The molecule has 2 atom stereocenters. The Hall–Kier alpha value is -1.11. The molecule has 1 fully saturated rings. The Bertz CT molecular complexity index is 320. The van der Waals surface area contributed by atoms with Gasteiger partial charge in [-0.15, -0.1) is 0 Å². The van der Waals surface area contributed by atoms with Crippen LogP contribution in [0.4, 0.5) is 0 Å². The third-order valence-corrected chi connectivity index (χ3v) is 2.54. The first-order valence-corrected chi connectivity index (χ1v) is 4.79. The summed E-state index contributed by atoms with van der Waals surface area (Å²) in [6, 6.07) is 9.72. The van der Waals surface area contributed by atoms with Crippen molar-refractivity contribution in [1.29, 1.82) is 0 Å². The Labute approximate surface area is 80.2 Å². The summed E-state index contributed by atoms with van der Waals surface area (Å²) >= 11 is 0. The maximum Gasteiger partial charge on any atom is 0.140 e. The lowest BCUT2D eigenvalue weighted by atomic mass is 9.83. The number of carbonyl (C=O) groups excluding carboxylic acids is 1. The van der Waals surface area contributed by atoms with Gasteiger partial charge in [-0.1, -0.05) is 36.8 Å². The molecule has 1 aromatic rings. The van der Waals surface area contributed by atoms with Crippen LogP contribution in [0, 0.1) is 0 Å². The Kier molecular flexibility index (Phi) is 2.10. The lowest BCUT2D eigenvalue weighted by molar-refractivity contribution is -0.121. The van der Waals surface area contributed by atoms with Gasteiger partial charge in [-0.2, -0.15) is 0 Å². The Balaban J connectivity index is 2.27. The van der Waals surface area contributed by atoms with Crippen molar-refractivity contribution < 1.29 is 6.17 Å². The molecule has 1 aliphatic carbocycles. The van der Waals surface area contributed by atoms with E-state index >= 15 is 0 Å². The summed E-state index contributed by atoms with van der Waals surface area (Å²) < 4.78 is 7.88. The van der Waals surface area contributed by atoms with Crippen LogP contribution < -0.4 is 0 Å². The molecule has 1 nitrogen and oxygen atoms in total. The first-order valence-electron chi connectivity index (χ1n) is 5.36. The minimum atomic E-state index is -0.237. The molecule has 0 heterocycles. The second-order valence-electron chi connectivity index (χ2n) is 3.48. The van der Waals surface area contributed by atoms with Gasteiger partial charge >= 0.3 is 0 Å². The van der Waals surface area contributed by atoms with E-state index in [0.717, 1.165) is 18.4 Å². The summed E-state index contributed by atoms with van der Waals surface area (Å²) in [4.78, 5) is 11.7. The van der Waals surface area contributed by atoms with E-state index in [0.29, 0.717) is 6.42 Å². The van der Waals surface area contributed by atoms with Crippen LogP contribution in [0.5, 0.6) is 0 Å². The summed E-state index contributed by atoms with van der Waals surface area (Å²) in [5, 5.41) is 0. The van der Waals surface area contributed by atoms with E-state index in [-0.39, 0.29) is 18.1 Å². The van der Waals surface area contributed by atoms with Crippen molar-refractivity contribution in [3.05, 3.63) is 35.9 Å². The zero-order valence-corrected chi connectivity index (χ0v) is 7.57. The fraction of sp³-hybridized carbons (Fsp3) is 0.417. The normalized spacial score (nSPS) is 29.8. The highest BCUT2D eigenvalue weighted by Crippen LogP contribution is 2.29. The smallest absolute Gasteiger partial charge is 0.140 e. The standard InChI is InChI=1S/C12H14O/c13-12-9-5-4-8-11(12)10-6-2-1-3-7-10/h1-3,6-7,11H,4-5,8-9H2/t11-/m1/s1/i8D/t8-,11-. The molecule has 0 unspecified atom stereocenters. The SMILES string of the molecule is [2H][C@@H]1CCCC(=O)[C@H]1c1ccccc1. The van der Waals surface area contributed by atoms with E-state index < -0.39 is 0 Å². The molecule has 1 aliphatic rings. The average molecular weight is 175 g/mol. The van der Waals surface area contributed by atoms with E-state index in [4.69, 9.17) is 1.37 Å². The topological polar surface area (TPSA) is 17.1 Å². The molecule has 2 rings (SSSR count). The molecule has 0 bridgehead atoms. The van der Waals surface area contributed by atoms with Gasteiger partial charge in [0.2, 0.25) is 0 Å². The third-order valence-electron chi connectivity index (χ3n) is 2.54. The first kappa shape index (κ1) is 7.31. The fourth-order valence-corrected chi connectivity index (χ4v) is 1.83. The Morgan fingerprint density at radius 2 is 2.00 bits per heavy atom. The molecule has 0 radical (unpaired) electrons. The van der Waals surface area contributed by atoms with Crippen LogP contribution in [0.1, 0.15) is 38.5 Å². The minimum absolute atomic E-state index is 0.176. The zero-order chi connectivity index (χ0) is 9.97. The summed E-state index contributed by atoms with van der Waals surface area (Å²) in [7, 11) is 0. The van der Waals surface area contributed by atoms with Crippen molar-refractivity contribution in [1.82, 2.24) is 0 Å². The van der Waals surface area contributed by atoms with Gasteiger partial charge in [0, 0.05) is 13.7 Å². The van der Waals surface area contributed by atoms with Gasteiger partial charge in [0.15, 0.2) is 0 Å². The highest BCUT2D eigenvalue weighted by atomic mass is 16.1. The van der Waals surface area contributed by atoms with Gasteiger partial charge in [-0.3, -0.25) is 4.79 Å². The summed E-state index contributed by atoms with van der Waals surface area (Å²) in [6.07, 6.45) is 2.15. The number of rotatable bonds is 1. The molecule has 0 spiro atoms. The van der Waals surface area contributed by atoms with Gasteiger partial charge in [0.05, 0.1) is 0 Å². The average Bonchev–Trinajstić information content (AvgIpc) is 2.19. The molecule has 1 saturated carbocycles. The van der Waals surface area contributed by atoms with Crippen molar-refractivity contribution in [2.24, 2.45) is 0 Å². The van der Waals surface area contributed by atoms with Crippen LogP contribution in [0.2, 0.25) is 0 Å². The Morgan fingerprint density at radius 1 is 1.23 bits per heavy atom. The van der Waals surface area contributed by atoms with Crippen LogP contribution in [-0.2, 0) is 4.79 Å². The molecule has 68 valence electrons. The highest BCUT2D eigenvalue weighted by molar-refractivity contribution is 5.86. The minimum Gasteiger partial charge on any atom is -0.299 e. The van der Waals surface area contributed by atoms with Crippen LogP contribution in [0.15, 0.2) is 30.3 Å². The third kappa shape index (κ3) is 1.80. The second kappa shape index (κ2) is 3.73. The predicted octanol–water partition coefficient (Wildman–Crippen LogP) is 2.91. The summed E-state index contributed by atoms with van der Waals surface area (Å²) in [5.74, 6) is 0.0624. The largest absolute Gasteiger partial charge is 0.299 e. The number of hydrogen-bond donors (Lipinski definition) is 0. The van der Waals surface area contributed by atoms with Crippen molar-refractivity contribution in [3.8, 4) is 0 Å². The maximum atomic E-state index is 11.7. The van der Waals surface area contributed by atoms with Gasteiger partial charge in [-0.25, -0.2) is 0 Å². The van der Waals surface area contributed by atoms with Gasteiger partial charge < -0.3 is 0 Å². The number of hydrogen-bond acceptors (Lipinski definition) is 1. The maximum absolute atomic E-state index is 11.7. The molecule has 1 heteroatoms. The molecule has 0 saturated heterocycles. The van der Waals surface area contributed by atoms with Gasteiger partial charge in [-0.05, 0) is 18.4 Å². The van der Waals surface area contributed by atoms with Crippen molar-refractivity contribution >= 4 is 5.78 Å². The fourth-order valence-electron chi connectivity index (χ4n) is 1.83. The number of Topliss-reactive ketones (excluding diaryl/α,β-unsaturated/α-hetero) is 1. The molecule has 1 aromatic carbocycles. The lowest BCUT2D eigenvalue weighted by Gasteiger charge is -2.20. The zero-order valence-electron chi connectivity index (χ0n) is 8.57. The van der Waals surface area contributed by atoms with Gasteiger partial charge in [0.25, 0.3) is 0 Å². The molecule has 13 heavy (non-hydrogen) atoms. The van der Waals surface area contributed by atoms with Crippen molar-refractivity contribution in [3.63, 3.8) is 0 Å². The highest BCUT2D eigenvalue weighted by Gasteiger charge is 2.22. The van der Waals surface area contributed by atoms with Crippen LogP contribution >= 0.6 is 0 Å². The predicted molar refractivity (Wildman–Crippen MR) is 52.7 cm³/mol. The first-order chi connectivity index (χ1) is 6.79. The van der Waals surface area contributed by atoms with Crippen LogP contribution in [0.3, 0.4) is 0 Å². The van der Waals surface area contributed by atoms with Crippen molar-refractivity contribution in [2.75, 3.05) is 0 Å². The number of benzene rings is 1. The van der Waals surface area contributed by atoms with E-state index in [1.807, 2.05) is 30.3 Å². The van der Waals surface area contributed by atoms with E-state index in [9.17, 15) is 4.79 Å². The quantitative estimate of drug-likeness (QED) is 0.641. The number of carbonyl (C=O) groups is 1. The van der Waals surface area contributed by atoms with E-state index in [2.05, 4.69) is 0 Å². The number of ketones is 1. The molecular formula is C12H14O. The molecular weight excluding hydrogens is 160 g/mol. The van der Waals surface area contributed by atoms with E-state index in [1.54, 1.807) is 0 Å². The van der Waals surface area contributed by atoms with Crippen LogP contribution in [0.25, 0.3) is 0 Å².